The highest BCUT2D eigenvalue weighted by molar-refractivity contribution is 7.71. The van der Waals surface area contributed by atoms with Gasteiger partial charge in [-0.05, 0) is 55.4 Å². The smallest absolute Gasteiger partial charge is 0.199 e. The molecule has 1 unspecified atom stereocenters. The van der Waals surface area contributed by atoms with Crippen LogP contribution in [0.5, 0.6) is 0 Å². The first kappa shape index (κ1) is 17.1. The second-order valence-electron chi connectivity index (χ2n) is 6.80. The van der Waals surface area contributed by atoms with E-state index >= 15 is 0 Å². The maximum absolute atomic E-state index is 14.2. The van der Waals surface area contributed by atoms with Gasteiger partial charge in [-0.3, -0.25) is 4.90 Å². The van der Waals surface area contributed by atoms with Crippen LogP contribution >= 0.6 is 12.2 Å². The molecule has 0 aliphatic heterocycles. The van der Waals surface area contributed by atoms with Crippen molar-refractivity contribution in [3.05, 3.63) is 70.2 Å². The molecule has 0 spiro atoms. The second-order valence-corrected chi connectivity index (χ2v) is 7.16. The van der Waals surface area contributed by atoms with E-state index in [0.717, 1.165) is 12.8 Å². The molecule has 0 saturated heterocycles. The van der Waals surface area contributed by atoms with E-state index in [0.29, 0.717) is 28.9 Å². The fourth-order valence-electron chi connectivity index (χ4n) is 3.76. The third-order valence-corrected chi connectivity index (χ3v) is 5.63. The van der Waals surface area contributed by atoms with Crippen LogP contribution in [-0.4, -0.2) is 26.3 Å². The Morgan fingerprint density at radius 3 is 2.73 bits per heavy atom. The highest BCUT2D eigenvalue weighted by Crippen LogP contribution is 2.35. The van der Waals surface area contributed by atoms with E-state index in [9.17, 15) is 4.39 Å². The molecule has 0 N–H and O–H groups in total. The standard InChI is InChI=1S/C20H21FN4S/c1-23(18-12-11-14-7-3-4-8-15(14)18)13-25-20(26)24(2)19(22-25)16-9-5-6-10-17(16)21/h3-10,18H,11-13H2,1-2H3. The zero-order valence-corrected chi connectivity index (χ0v) is 15.7. The van der Waals surface area contributed by atoms with Crippen molar-refractivity contribution in [3.8, 4) is 11.4 Å². The summed E-state index contributed by atoms with van der Waals surface area (Å²) in [6, 6.07) is 15.6. The topological polar surface area (TPSA) is 26.0 Å². The van der Waals surface area contributed by atoms with E-state index in [1.807, 2.05) is 13.1 Å². The molecule has 3 aromatic rings. The summed E-state index contributed by atoms with van der Waals surface area (Å²) in [5.74, 6) is 0.258. The van der Waals surface area contributed by atoms with Crippen molar-refractivity contribution in [2.24, 2.45) is 7.05 Å². The molecule has 0 bridgehead atoms. The molecule has 6 heteroatoms. The first-order valence-corrected chi connectivity index (χ1v) is 9.14. The van der Waals surface area contributed by atoms with Crippen molar-refractivity contribution in [2.45, 2.75) is 25.6 Å². The van der Waals surface area contributed by atoms with E-state index in [-0.39, 0.29) is 5.82 Å². The average molecular weight is 368 g/mol. The monoisotopic (exact) mass is 368 g/mol. The summed E-state index contributed by atoms with van der Waals surface area (Å²) in [5.41, 5.74) is 3.27. The van der Waals surface area contributed by atoms with Crippen molar-refractivity contribution in [1.29, 1.82) is 0 Å². The predicted octanol–water partition coefficient (Wildman–Crippen LogP) is 4.33. The van der Waals surface area contributed by atoms with Crippen molar-refractivity contribution >= 4 is 12.2 Å². The summed E-state index contributed by atoms with van der Waals surface area (Å²) in [7, 11) is 3.92. The minimum atomic E-state index is -0.291. The van der Waals surface area contributed by atoms with Crippen molar-refractivity contribution in [3.63, 3.8) is 0 Å². The molecule has 1 aliphatic carbocycles. The van der Waals surface area contributed by atoms with Crippen LogP contribution in [0.1, 0.15) is 23.6 Å². The number of aryl methyl sites for hydroxylation is 1. The molecule has 2 aromatic carbocycles. The van der Waals surface area contributed by atoms with Gasteiger partial charge < -0.3 is 4.57 Å². The summed E-state index contributed by atoms with van der Waals surface area (Å²) in [6.45, 7) is 0.570. The Kier molecular flexibility index (Phi) is 4.46. The third kappa shape index (κ3) is 2.89. The van der Waals surface area contributed by atoms with Crippen LogP contribution < -0.4 is 0 Å². The molecule has 134 valence electrons. The Morgan fingerprint density at radius 2 is 1.92 bits per heavy atom. The molecule has 0 fully saturated rings. The number of aromatic nitrogens is 3. The summed E-state index contributed by atoms with van der Waals surface area (Å²) >= 11 is 5.54. The van der Waals surface area contributed by atoms with Gasteiger partial charge in [0, 0.05) is 13.1 Å². The number of rotatable bonds is 4. The quantitative estimate of drug-likeness (QED) is 0.641. The Bertz CT molecular complexity index is 1010. The molecule has 1 aromatic heterocycles. The SMILES string of the molecule is CN(Cn1nc(-c2ccccc2F)n(C)c1=S)C1CCc2ccccc21. The Labute approximate surface area is 157 Å². The molecular weight excluding hydrogens is 347 g/mol. The van der Waals surface area contributed by atoms with Gasteiger partial charge in [0.05, 0.1) is 12.2 Å². The summed E-state index contributed by atoms with van der Waals surface area (Å²) in [6.07, 6.45) is 2.19. The largest absolute Gasteiger partial charge is 0.303 e. The number of halogens is 1. The Hall–Kier alpha value is -2.31. The van der Waals surface area contributed by atoms with Gasteiger partial charge in [0.15, 0.2) is 10.6 Å². The number of benzene rings is 2. The molecular formula is C20H21FN4S. The summed E-state index contributed by atoms with van der Waals surface area (Å²) in [4.78, 5) is 2.26. The van der Waals surface area contributed by atoms with E-state index < -0.39 is 0 Å². The highest BCUT2D eigenvalue weighted by atomic mass is 32.1. The number of nitrogens with zero attached hydrogens (tertiary/aromatic N) is 4. The van der Waals surface area contributed by atoms with Gasteiger partial charge in [0.25, 0.3) is 0 Å². The van der Waals surface area contributed by atoms with Crippen molar-refractivity contribution in [2.75, 3.05) is 7.05 Å². The molecule has 1 atom stereocenters. The maximum atomic E-state index is 14.2. The molecule has 4 nitrogen and oxygen atoms in total. The molecule has 0 amide bonds. The van der Waals surface area contributed by atoms with Crippen LogP contribution in [0.15, 0.2) is 48.5 Å². The minimum Gasteiger partial charge on any atom is -0.303 e. The van der Waals surface area contributed by atoms with Crippen LogP contribution in [0.2, 0.25) is 0 Å². The molecule has 4 rings (SSSR count). The van der Waals surface area contributed by atoms with Gasteiger partial charge in [0.1, 0.15) is 5.82 Å². The van der Waals surface area contributed by atoms with E-state index in [4.69, 9.17) is 12.2 Å². The second kappa shape index (κ2) is 6.78. The van der Waals surface area contributed by atoms with Crippen molar-refractivity contribution in [1.82, 2.24) is 19.2 Å². The van der Waals surface area contributed by atoms with E-state index in [1.54, 1.807) is 21.4 Å². The number of fused-ring (bicyclic) bond motifs is 1. The predicted molar refractivity (Wildman–Crippen MR) is 103 cm³/mol. The lowest BCUT2D eigenvalue weighted by atomic mass is 10.1. The minimum absolute atomic E-state index is 0.291. The van der Waals surface area contributed by atoms with Crippen molar-refractivity contribution < 1.29 is 4.39 Å². The highest BCUT2D eigenvalue weighted by Gasteiger charge is 2.26. The first-order valence-electron chi connectivity index (χ1n) is 8.73. The van der Waals surface area contributed by atoms with E-state index in [1.165, 1.54) is 17.2 Å². The average Bonchev–Trinajstić information content (AvgIpc) is 3.19. The lowest BCUT2D eigenvalue weighted by Gasteiger charge is -2.24. The molecule has 1 heterocycles. The molecule has 26 heavy (non-hydrogen) atoms. The Morgan fingerprint density at radius 1 is 1.19 bits per heavy atom. The van der Waals surface area contributed by atoms with E-state index in [2.05, 4.69) is 41.3 Å². The van der Waals surface area contributed by atoms with Gasteiger partial charge >= 0.3 is 0 Å². The zero-order chi connectivity index (χ0) is 18.3. The lowest BCUT2D eigenvalue weighted by Crippen LogP contribution is -2.26. The van der Waals surface area contributed by atoms with Gasteiger partial charge in [-0.2, -0.15) is 5.10 Å². The molecule has 0 saturated carbocycles. The van der Waals surface area contributed by atoms with Gasteiger partial charge in [-0.15, -0.1) is 0 Å². The normalized spacial score (nSPS) is 16.2. The number of hydrogen-bond acceptors (Lipinski definition) is 3. The zero-order valence-electron chi connectivity index (χ0n) is 14.9. The van der Waals surface area contributed by atoms with Gasteiger partial charge in [0.2, 0.25) is 0 Å². The first-order chi connectivity index (χ1) is 12.6. The van der Waals surface area contributed by atoms with Gasteiger partial charge in [-0.25, -0.2) is 9.07 Å². The summed E-state index contributed by atoms with van der Waals surface area (Å²) < 4.78 is 18.3. The molecule has 0 radical (unpaired) electrons. The lowest BCUT2D eigenvalue weighted by molar-refractivity contribution is 0.182. The summed E-state index contributed by atoms with van der Waals surface area (Å²) in [5, 5.41) is 4.60. The van der Waals surface area contributed by atoms with Crippen LogP contribution in [0.3, 0.4) is 0 Å². The van der Waals surface area contributed by atoms with Gasteiger partial charge in [-0.1, -0.05) is 36.4 Å². The van der Waals surface area contributed by atoms with Crippen LogP contribution in [-0.2, 0) is 20.1 Å². The van der Waals surface area contributed by atoms with Crippen LogP contribution in [0, 0.1) is 10.6 Å². The van der Waals surface area contributed by atoms with Crippen LogP contribution in [0.25, 0.3) is 11.4 Å². The fourth-order valence-corrected chi connectivity index (χ4v) is 3.94. The fraction of sp³-hybridized carbons (Fsp3) is 0.300. The maximum Gasteiger partial charge on any atom is 0.199 e. The molecule has 1 aliphatic rings. The number of hydrogen-bond donors (Lipinski definition) is 0. The Balaban J connectivity index is 1.63. The third-order valence-electron chi connectivity index (χ3n) is 5.15. The van der Waals surface area contributed by atoms with Crippen LogP contribution in [0.4, 0.5) is 4.39 Å².